The average Bonchev–Trinajstić information content (AvgIpc) is 2.76. The Bertz CT molecular complexity index is 394. The second-order valence-electron chi connectivity index (χ2n) is 4.28. The number of carbonyl (C=O) groups excluding carboxylic acids is 1. The van der Waals surface area contributed by atoms with Gasteiger partial charge in [0.1, 0.15) is 0 Å². The molecule has 0 amide bonds. The van der Waals surface area contributed by atoms with E-state index in [0.29, 0.717) is 10.9 Å². The maximum Gasteiger partial charge on any atom is 0.189 e. The minimum absolute atomic E-state index is 0.122. The summed E-state index contributed by atoms with van der Waals surface area (Å²) in [6.07, 6.45) is 0. The van der Waals surface area contributed by atoms with Crippen LogP contribution in [0.25, 0.3) is 0 Å². The zero-order valence-electron chi connectivity index (χ0n) is 11.3. The SMILES string of the molecule is CCN(C(C)COC)C(C)C(=O)c1ccc(Cl)s1. The normalized spacial score (nSPS) is 14.8. The second kappa shape index (κ2) is 7.24. The summed E-state index contributed by atoms with van der Waals surface area (Å²) in [5, 5.41) is 0. The number of nitrogens with zero attached hydrogens (tertiary/aromatic N) is 1. The third kappa shape index (κ3) is 3.79. The fourth-order valence-corrected chi connectivity index (χ4v) is 3.17. The Morgan fingerprint density at radius 2 is 2.17 bits per heavy atom. The first-order chi connectivity index (χ1) is 8.51. The van der Waals surface area contributed by atoms with Crippen LogP contribution in [0.15, 0.2) is 12.1 Å². The first-order valence-corrected chi connectivity index (χ1v) is 7.24. The molecular weight excluding hydrogens is 270 g/mol. The molecular formula is C13H20ClNO2S. The van der Waals surface area contributed by atoms with Crippen LogP contribution < -0.4 is 0 Å². The maximum atomic E-state index is 12.3. The van der Waals surface area contributed by atoms with Crippen molar-refractivity contribution in [2.75, 3.05) is 20.3 Å². The summed E-state index contributed by atoms with van der Waals surface area (Å²) in [5.41, 5.74) is 0. The molecule has 0 spiro atoms. The van der Waals surface area contributed by atoms with E-state index in [1.807, 2.05) is 6.92 Å². The number of hydrogen-bond acceptors (Lipinski definition) is 4. The van der Waals surface area contributed by atoms with Crippen LogP contribution in [0.4, 0.5) is 0 Å². The highest BCUT2D eigenvalue weighted by atomic mass is 35.5. The number of rotatable bonds is 7. The second-order valence-corrected chi connectivity index (χ2v) is 5.99. The van der Waals surface area contributed by atoms with Crippen LogP contribution >= 0.6 is 22.9 Å². The molecule has 102 valence electrons. The lowest BCUT2D eigenvalue weighted by molar-refractivity contribution is 0.0615. The molecule has 0 saturated carbocycles. The van der Waals surface area contributed by atoms with Gasteiger partial charge in [0, 0.05) is 13.2 Å². The molecule has 0 radical (unpaired) electrons. The van der Waals surface area contributed by atoms with E-state index in [1.54, 1.807) is 19.2 Å². The van der Waals surface area contributed by atoms with Gasteiger partial charge in [-0.2, -0.15) is 0 Å². The fraction of sp³-hybridized carbons (Fsp3) is 0.615. The third-order valence-electron chi connectivity index (χ3n) is 3.03. The van der Waals surface area contributed by atoms with Crippen molar-refractivity contribution in [3.63, 3.8) is 0 Å². The highest BCUT2D eigenvalue weighted by Gasteiger charge is 2.26. The molecule has 1 heterocycles. The molecule has 0 aromatic carbocycles. The van der Waals surface area contributed by atoms with Crippen molar-refractivity contribution in [2.45, 2.75) is 32.9 Å². The fourth-order valence-electron chi connectivity index (χ4n) is 2.11. The summed E-state index contributed by atoms with van der Waals surface area (Å²) in [6.45, 7) is 7.49. The smallest absolute Gasteiger partial charge is 0.189 e. The zero-order chi connectivity index (χ0) is 13.7. The van der Waals surface area contributed by atoms with Gasteiger partial charge in [-0.1, -0.05) is 18.5 Å². The minimum atomic E-state index is -0.158. The van der Waals surface area contributed by atoms with Gasteiger partial charge >= 0.3 is 0 Å². The largest absolute Gasteiger partial charge is 0.383 e. The van der Waals surface area contributed by atoms with Crippen LogP contribution in [-0.4, -0.2) is 43.0 Å². The maximum absolute atomic E-state index is 12.3. The van der Waals surface area contributed by atoms with Crippen LogP contribution in [-0.2, 0) is 4.74 Å². The predicted molar refractivity (Wildman–Crippen MR) is 76.8 cm³/mol. The predicted octanol–water partition coefficient (Wildman–Crippen LogP) is 3.33. The summed E-state index contributed by atoms with van der Waals surface area (Å²) < 4.78 is 5.81. The highest BCUT2D eigenvalue weighted by molar-refractivity contribution is 7.18. The Balaban J connectivity index is 2.77. The van der Waals surface area contributed by atoms with Crippen LogP contribution in [0.5, 0.6) is 0 Å². The van der Waals surface area contributed by atoms with Crippen molar-refractivity contribution < 1.29 is 9.53 Å². The minimum Gasteiger partial charge on any atom is -0.383 e. The quantitative estimate of drug-likeness (QED) is 0.721. The molecule has 1 rings (SSSR count). The Morgan fingerprint density at radius 3 is 2.61 bits per heavy atom. The zero-order valence-corrected chi connectivity index (χ0v) is 12.8. The van der Waals surface area contributed by atoms with Gasteiger partial charge in [0.05, 0.1) is 21.9 Å². The summed E-state index contributed by atoms with van der Waals surface area (Å²) >= 11 is 7.20. The van der Waals surface area contributed by atoms with Crippen molar-refractivity contribution in [2.24, 2.45) is 0 Å². The van der Waals surface area contributed by atoms with E-state index in [2.05, 4.69) is 18.7 Å². The van der Waals surface area contributed by atoms with Gasteiger partial charge in [0.15, 0.2) is 5.78 Å². The first-order valence-electron chi connectivity index (χ1n) is 6.05. The number of ether oxygens (including phenoxy) is 1. The van der Waals surface area contributed by atoms with E-state index in [1.165, 1.54) is 11.3 Å². The molecule has 0 saturated heterocycles. The summed E-state index contributed by atoms with van der Waals surface area (Å²) in [5.74, 6) is 0.122. The van der Waals surface area contributed by atoms with Crippen LogP contribution in [0.3, 0.4) is 0 Å². The van der Waals surface area contributed by atoms with Gasteiger partial charge in [-0.15, -0.1) is 11.3 Å². The van der Waals surface area contributed by atoms with E-state index in [9.17, 15) is 4.79 Å². The molecule has 1 aromatic heterocycles. The number of carbonyl (C=O) groups is 1. The molecule has 0 N–H and O–H groups in total. The molecule has 0 bridgehead atoms. The lowest BCUT2D eigenvalue weighted by Crippen LogP contribution is -2.46. The molecule has 1 aromatic rings. The van der Waals surface area contributed by atoms with E-state index >= 15 is 0 Å². The standard InChI is InChI=1S/C13H20ClNO2S/c1-5-15(9(2)8-17-4)10(3)13(16)11-6-7-12(14)18-11/h6-7,9-10H,5,8H2,1-4H3. The van der Waals surface area contributed by atoms with E-state index < -0.39 is 0 Å². The summed E-state index contributed by atoms with van der Waals surface area (Å²) in [7, 11) is 1.68. The molecule has 3 nitrogen and oxygen atoms in total. The molecule has 18 heavy (non-hydrogen) atoms. The highest BCUT2D eigenvalue weighted by Crippen LogP contribution is 2.24. The van der Waals surface area contributed by atoms with Gasteiger partial charge < -0.3 is 4.74 Å². The molecule has 2 unspecified atom stereocenters. The molecule has 2 atom stereocenters. The third-order valence-corrected chi connectivity index (χ3v) is 4.28. The Kier molecular flexibility index (Phi) is 6.29. The van der Waals surface area contributed by atoms with Crippen LogP contribution in [0.1, 0.15) is 30.4 Å². The lowest BCUT2D eigenvalue weighted by atomic mass is 10.1. The van der Waals surface area contributed by atoms with Crippen molar-refractivity contribution >= 4 is 28.7 Å². The van der Waals surface area contributed by atoms with Gasteiger partial charge in [-0.3, -0.25) is 9.69 Å². The molecule has 5 heteroatoms. The number of Topliss-reactive ketones (excluding diaryl/α,β-unsaturated/α-hetero) is 1. The Labute approximate surface area is 118 Å². The summed E-state index contributed by atoms with van der Waals surface area (Å²) in [6, 6.07) is 3.62. The molecule has 0 fully saturated rings. The van der Waals surface area contributed by atoms with Gasteiger partial charge in [0.25, 0.3) is 0 Å². The number of ketones is 1. The number of thiophene rings is 1. The van der Waals surface area contributed by atoms with Crippen molar-refractivity contribution in [3.8, 4) is 0 Å². The topological polar surface area (TPSA) is 29.5 Å². The molecule has 0 aliphatic heterocycles. The summed E-state index contributed by atoms with van der Waals surface area (Å²) in [4.78, 5) is 15.2. The monoisotopic (exact) mass is 289 g/mol. The number of hydrogen-bond donors (Lipinski definition) is 0. The lowest BCUT2D eigenvalue weighted by Gasteiger charge is -2.32. The van der Waals surface area contributed by atoms with E-state index in [0.717, 1.165) is 11.4 Å². The van der Waals surface area contributed by atoms with Crippen LogP contribution in [0.2, 0.25) is 4.34 Å². The van der Waals surface area contributed by atoms with Crippen molar-refractivity contribution in [1.82, 2.24) is 4.90 Å². The number of likely N-dealkylation sites (N-methyl/N-ethyl adjacent to an activating group) is 1. The van der Waals surface area contributed by atoms with Crippen molar-refractivity contribution in [3.05, 3.63) is 21.3 Å². The van der Waals surface area contributed by atoms with Gasteiger partial charge in [-0.25, -0.2) is 0 Å². The van der Waals surface area contributed by atoms with E-state index in [4.69, 9.17) is 16.3 Å². The Hall–Kier alpha value is -0.420. The average molecular weight is 290 g/mol. The number of methoxy groups -OCH3 is 1. The number of halogens is 1. The van der Waals surface area contributed by atoms with Gasteiger partial charge in [-0.05, 0) is 32.5 Å². The molecule has 0 aliphatic carbocycles. The first kappa shape index (κ1) is 15.6. The van der Waals surface area contributed by atoms with Gasteiger partial charge in [0.2, 0.25) is 0 Å². The van der Waals surface area contributed by atoms with E-state index in [-0.39, 0.29) is 17.9 Å². The van der Waals surface area contributed by atoms with Crippen molar-refractivity contribution in [1.29, 1.82) is 0 Å². The molecule has 0 aliphatic rings. The van der Waals surface area contributed by atoms with Crippen LogP contribution in [0, 0.1) is 0 Å². The Morgan fingerprint density at radius 1 is 1.50 bits per heavy atom.